The first-order valence-corrected chi connectivity index (χ1v) is 10.9. The Balaban J connectivity index is 1.84. The van der Waals surface area contributed by atoms with E-state index in [0.29, 0.717) is 25.3 Å². The molecule has 33 heavy (non-hydrogen) atoms. The summed E-state index contributed by atoms with van der Waals surface area (Å²) < 4.78 is 10.4. The van der Waals surface area contributed by atoms with Gasteiger partial charge in [0.2, 0.25) is 5.91 Å². The first-order chi connectivity index (χ1) is 16.0. The van der Waals surface area contributed by atoms with Gasteiger partial charge in [0.05, 0.1) is 26.7 Å². The zero-order chi connectivity index (χ0) is 23.6. The second-order valence-corrected chi connectivity index (χ2v) is 7.76. The molecule has 6 heteroatoms. The summed E-state index contributed by atoms with van der Waals surface area (Å²) in [5.41, 5.74) is 4.22. The van der Waals surface area contributed by atoms with Crippen LogP contribution in [-0.4, -0.2) is 39.2 Å². The lowest BCUT2D eigenvalue weighted by Gasteiger charge is -2.24. The van der Waals surface area contributed by atoms with Gasteiger partial charge in [-0.1, -0.05) is 48.0 Å². The number of hydrogen-bond acceptors (Lipinski definition) is 4. The summed E-state index contributed by atoms with van der Waals surface area (Å²) in [5, 5.41) is 2.82. The Morgan fingerprint density at radius 3 is 2.27 bits per heavy atom. The Hall–Kier alpha value is -3.64. The fourth-order valence-corrected chi connectivity index (χ4v) is 3.47. The maximum atomic E-state index is 13.5. The van der Waals surface area contributed by atoms with Crippen molar-refractivity contribution in [3.8, 4) is 5.75 Å². The lowest BCUT2D eigenvalue weighted by Crippen LogP contribution is -2.30. The van der Waals surface area contributed by atoms with Crippen LogP contribution in [0.4, 0.5) is 5.69 Å². The molecule has 0 aliphatic carbocycles. The van der Waals surface area contributed by atoms with Crippen molar-refractivity contribution in [1.82, 2.24) is 5.32 Å². The van der Waals surface area contributed by atoms with Crippen LogP contribution in [0.25, 0.3) is 0 Å². The smallest absolute Gasteiger partial charge is 0.258 e. The summed E-state index contributed by atoms with van der Waals surface area (Å²) >= 11 is 0. The number of methoxy groups -OCH3 is 2. The van der Waals surface area contributed by atoms with Gasteiger partial charge in [-0.25, -0.2) is 0 Å². The van der Waals surface area contributed by atoms with E-state index in [2.05, 4.69) is 5.32 Å². The van der Waals surface area contributed by atoms with Gasteiger partial charge in [0.1, 0.15) is 5.75 Å². The van der Waals surface area contributed by atoms with Crippen LogP contribution in [0, 0.1) is 6.92 Å². The summed E-state index contributed by atoms with van der Waals surface area (Å²) in [6, 6.07) is 22.7. The predicted octanol–water partition coefficient (Wildman–Crippen LogP) is 4.16. The minimum Gasteiger partial charge on any atom is -0.496 e. The van der Waals surface area contributed by atoms with Gasteiger partial charge in [-0.05, 0) is 42.8 Å². The van der Waals surface area contributed by atoms with Crippen molar-refractivity contribution in [2.75, 3.05) is 32.3 Å². The first-order valence-electron chi connectivity index (χ1n) is 10.9. The molecule has 0 bridgehead atoms. The molecule has 0 heterocycles. The van der Waals surface area contributed by atoms with E-state index >= 15 is 0 Å². The lowest BCUT2D eigenvalue weighted by atomic mass is 10.1. The first kappa shape index (κ1) is 24.0. The van der Waals surface area contributed by atoms with Gasteiger partial charge in [-0.2, -0.15) is 0 Å². The Kier molecular flexibility index (Phi) is 8.61. The molecule has 0 aromatic heterocycles. The highest BCUT2D eigenvalue weighted by Crippen LogP contribution is 2.25. The van der Waals surface area contributed by atoms with Crippen LogP contribution in [0.5, 0.6) is 5.75 Å². The van der Waals surface area contributed by atoms with Crippen molar-refractivity contribution in [3.63, 3.8) is 0 Å². The highest BCUT2D eigenvalue weighted by Gasteiger charge is 2.20. The number of carbonyl (C=O) groups is 2. The third-order valence-corrected chi connectivity index (χ3v) is 5.31. The number of para-hydroxylation sites is 1. The molecule has 0 aliphatic rings. The van der Waals surface area contributed by atoms with Gasteiger partial charge in [-0.3, -0.25) is 9.59 Å². The average Bonchev–Trinajstić information content (AvgIpc) is 2.83. The molecule has 0 saturated heterocycles. The molecule has 0 fully saturated rings. The number of rotatable bonds is 10. The van der Waals surface area contributed by atoms with Crippen molar-refractivity contribution in [2.24, 2.45) is 0 Å². The Morgan fingerprint density at radius 1 is 0.909 bits per heavy atom. The molecule has 0 radical (unpaired) electrons. The van der Waals surface area contributed by atoms with Crippen LogP contribution < -0.4 is 15.0 Å². The van der Waals surface area contributed by atoms with E-state index in [0.717, 1.165) is 28.1 Å². The molecule has 6 nitrogen and oxygen atoms in total. The summed E-state index contributed by atoms with van der Waals surface area (Å²) in [4.78, 5) is 27.3. The number of amides is 2. The predicted molar refractivity (Wildman–Crippen MR) is 130 cm³/mol. The van der Waals surface area contributed by atoms with Crippen molar-refractivity contribution in [1.29, 1.82) is 0 Å². The molecule has 3 rings (SSSR count). The third kappa shape index (κ3) is 6.67. The van der Waals surface area contributed by atoms with E-state index < -0.39 is 0 Å². The quantitative estimate of drug-likeness (QED) is 0.475. The monoisotopic (exact) mass is 446 g/mol. The highest BCUT2D eigenvalue weighted by molar-refractivity contribution is 6.06. The highest BCUT2D eigenvalue weighted by atomic mass is 16.5. The molecule has 0 aliphatic heterocycles. The molecule has 172 valence electrons. The topological polar surface area (TPSA) is 67.9 Å². The second-order valence-electron chi connectivity index (χ2n) is 7.76. The molecule has 2 amide bonds. The van der Waals surface area contributed by atoms with Crippen LogP contribution >= 0.6 is 0 Å². The molecule has 1 N–H and O–H groups in total. The van der Waals surface area contributed by atoms with Gasteiger partial charge >= 0.3 is 0 Å². The number of aryl methyl sites for hydroxylation is 1. The largest absolute Gasteiger partial charge is 0.496 e. The van der Waals surface area contributed by atoms with Gasteiger partial charge in [0.25, 0.3) is 5.91 Å². The molecule has 0 unspecified atom stereocenters. The van der Waals surface area contributed by atoms with E-state index in [1.807, 2.05) is 79.7 Å². The zero-order valence-electron chi connectivity index (χ0n) is 19.3. The van der Waals surface area contributed by atoms with Crippen LogP contribution in [0.15, 0.2) is 72.8 Å². The van der Waals surface area contributed by atoms with Crippen LogP contribution in [-0.2, 0) is 22.5 Å². The van der Waals surface area contributed by atoms with Crippen molar-refractivity contribution in [2.45, 2.75) is 19.9 Å². The number of nitrogens with zero attached hydrogens (tertiary/aromatic N) is 1. The number of ether oxygens (including phenoxy) is 2. The average molecular weight is 447 g/mol. The maximum Gasteiger partial charge on any atom is 0.258 e. The van der Waals surface area contributed by atoms with Gasteiger partial charge in [0, 0.05) is 30.5 Å². The van der Waals surface area contributed by atoms with E-state index in [1.54, 1.807) is 19.1 Å². The molecule has 3 aromatic rings. The zero-order valence-corrected chi connectivity index (χ0v) is 19.3. The number of hydrogen-bond donors (Lipinski definition) is 1. The second kappa shape index (κ2) is 11.8. The lowest BCUT2D eigenvalue weighted by molar-refractivity contribution is -0.120. The van der Waals surface area contributed by atoms with Crippen molar-refractivity contribution < 1.29 is 19.1 Å². The van der Waals surface area contributed by atoms with E-state index in [-0.39, 0.29) is 18.2 Å². The summed E-state index contributed by atoms with van der Waals surface area (Å²) in [7, 11) is 3.22. The molecule has 0 spiro atoms. The number of anilines is 1. The SMILES string of the molecule is COCCNC(=O)Cc1ccc(N(Cc2ccccc2OC)C(=O)c2ccc(C)cc2)cc1. The van der Waals surface area contributed by atoms with Crippen molar-refractivity contribution in [3.05, 3.63) is 95.1 Å². The minimum absolute atomic E-state index is 0.0681. The molecule has 3 aromatic carbocycles. The van der Waals surface area contributed by atoms with Gasteiger partial charge in [0.15, 0.2) is 0 Å². The molecular weight excluding hydrogens is 416 g/mol. The molecule has 0 saturated carbocycles. The van der Waals surface area contributed by atoms with Crippen molar-refractivity contribution >= 4 is 17.5 Å². The fourth-order valence-electron chi connectivity index (χ4n) is 3.47. The Bertz CT molecular complexity index is 1060. The summed E-state index contributed by atoms with van der Waals surface area (Å²) in [6.07, 6.45) is 0.266. The molecular formula is C27H30N2O4. The van der Waals surface area contributed by atoms with E-state index in [4.69, 9.17) is 9.47 Å². The Morgan fingerprint density at radius 2 is 1.61 bits per heavy atom. The minimum atomic E-state index is -0.106. The van der Waals surface area contributed by atoms with Crippen LogP contribution in [0.2, 0.25) is 0 Å². The standard InChI is InChI=1S/C27H30N2O4/c1-20-8-12-22(13-9-20)27(31)29(19-23-6-4-5-7-25(23)33-3)24-14-10-21(11-15-24)18-26(30)28-16-17-32-2/h4-15H,16-19H2,1-3H3,(H,28,30). The van der Waals surface area contributed by atoms with Gasteiger partial charge in [-0.15, -0.1) is 0 Å². The summed E-state index contributed by atoms with van der Waals surface area (Å²) in [5.74, 6) is 0.552. The van der Waals surface area contributed by atoms with Crippen LogP contribution in [0.3, 0.4) is 0 Å². The third-order valence-electron chi connectivity index (χ3n) is 5.31. The maximum absolute atomic E-state index is 13.5. The summed E-state index contributed by atoms with van der Waals surface area (Å²) in [6.45, 7) is 3.30. The Labute approximate surface area is 195 Å². The number of nitrogens with one attached hydrogen (secondary N) is 1. The normalized spacial score (nSPS) is 10.5. The fraction of sp³-hybridized carbons (Fsp3) is 0.259. The molecule has 0 atom stereocenters. The number of carbonyl (C=O) groups excluding carboxylic acids is 2. The van der Waals surface area contributed by atoms with E-state index in [9.17, 15) is 9.59 Å². The van der Waals surface area contributed by atoms with Gasteiger partial charge < -0.3 is 19.7 Å². The van der Waals surface area contributed by atoms with E-state index in [1.165, 1.54) is 0 Å². The number of benzene rings is 3. The van der Waals surface area contributed by atoms with Crippen LogP contribution in [0.1, 0.15) is 27.0 Å².